The topological polar surface area (TPSA) is 275 Å². The van der Waals surface area contributed by atoms with Gasteiger partial charge in [-0.25, -0.2) is 19.9 Å². The lowest BCUT2D eigenvalue weighted by atomic mass is 10.0. The first-order valence-electron chi connectivity index (χ1n) is 29.1. The molecule has 23 heteroatoms. The van der Waals surface area contributed by atoms with Crippen LogP contribution >= 0.6 is 0 Å². The van der Waals surface area contributed by atoms with E-state index in [2.05, 4.69) is 125 Å². The highest BCUT2D eigenvalue weighted by atomic mass is 16.3. The van der Waals surface area contributed by atoms with Crippen molar-refractivity contribution in [1.82, 2.24) is 85.7 Å². The number of aromatic hydroxyl groups is 3. The average molecular weight is 1140 g/mol. The normalized spacial score (nSPS) is 18.3. The largest absolute Gasteiger partial charge is 0.507 e. The highest BCUT2D eigenvalue weighted by Crippen LogP contribution is 2.40. The van der Waals surface area contributed by atoms with Gasteiger partial charge in [-0.05, 0) is 103 Å². The summed E-state index contributed by atoms with van der Waals surface area (Å²) >= 11 is 0. The molecule has 0 amide bonds. The lowest BCUT2D eigenvalue weighted by Crippen LogP contribution is -2.37. The summed E-state index contributed by atoms with van der Waals surface area (Å²) in [5, 5.41) is 76.6. The van der Waals surface area contributed by atoms with Crippen molar-refractivity contribution in [3.05, 3.63) is 129 Å². The molecule has 0 bridgehead atoms. The van der Waals surface area contributed by atoms with E-state index in [4.69, 9.17) is 0 Å². The summed E-state index contributed by atoms with van der Waals surface area (Å²) in [6, 6.07) is 25.0. The molecule has 6 aromatic heterocycles. The SMILES string of the molecule is CC(C)NC1CCN(c2ncc(-c3ccc(-c4ccc5c(cnn5C)c4)cc3O)nn2)C1.CC(C)NC1CCN(c2ncc(-c3ccc(-n4ccnc4)cc3O)nn2)C1.Oc1cc(-c2cn[nH]c2)ccc1-c1cnc(N2CC[C@H]3CCC[C@@H]32)nn1. The van der Waals surface area contributed by atoms with Crippen LogP contribution in [0.25, 0.3) is 72.6 Å². The van der Waals surface area contributed by atoms with Crippen LogP contribution in [0.5, 0.6) is 17.2 Å². The smallest absolute Gasteiger partial charge is 0.245 e. The van der Waals surface area contributed by atoms with Crippen LogP contribution in [0.4, 0.5) is 17.8 Å². The van der Waals surface area contributed by atoms with Crippen LogP contribution in [0.15, 0.2) is 129 Å². The average Bonchev–Trinajstić information content (AvgIpc) is 3.90. The Hall–Kier alpha value is -9.48. The molecule has 4 atom stereocenters. The van der Waals surface area contributed by atoms with E-state index in [-0.39, 0.29) is 17.2 Å². The molecule has 3 saturated heterocycles. The number of benzene rings is 4. The standard InChI is InChI=1S/C24H27N7O.C19H23N7O.C19H20N6O/c1-15(2)27-19-8-9-31(14-19)24-25-13-21(28-29-24)20-6-4-17(11-23(20)32)16-5-7-22-18(10-16)12-26-30(22)3;1-13(2)22-14-5-7-25(11-14)19-21-10-17(23-24-19)16-4-3-15(9-18(16)27)26-8-6-20-12-26;26-18-8-13(14-9-21-22-10-14)4-5-15(18)16-11-20-19(24-23-16)25-7-6-12-2-1-3-17(12)25/h4-7,10-13,15,19,27,32H,8-9,14H2,1-3H3;3-4,6,8-10,12-14,22,27H,5,7,11H2,1-2H3;4-5,8-12,17,26H,1-3,6-7H2,(H,21,22)/t;;12-,17+/m..1/s1. The number of phenolic OH excluding ortho intramolecular Hbond substituents is 3. The van der Waals surface area contributed by atoms with Crippen LogP contribution < -0.4 is 25.3 Å². The minimum absolute atomic E-state index is 0.132. The maximum absolute atomic E-state index is 10.7. The van der Waals surface area contributed by atoms with Crippen molar-refractivity contribution in [2.75, 3.05) is 47.4 Å². The van der Waals surface area contributed by atoms with Crippen LogP contribution in [0.3, 0.4) is 0 Å². The van der Waals surface area contributed by atoms with Gasteiger partial charge in [0.2, 0.25) is 17.8 Å². The second-order valence-electron chi connectivity index (χ2n) is 22.8. The Kier molecular flexibility index (Phi) is 16.3. The molecule has 9 heterocycles. The minimum atomic E-state index is 0.132. The zero-order valence-corrected chi connectivity index (χ0v) is 48.3. The van der Waals surface area contributed by atoms with Gasteiger partial charge < -0.3 is 45.2 Å². The fourth-order valence-corrected chi connectivity index (χ4v) is 12.1. The van der Waals surface area contributed by atoms with Crippen molar-refractivity contribution in [3.63, 3.8) is 0 Å². The number of hydrogen-bond acceptors (Lipinski definition) is 20. The third-order valence-corrected chi connectivity index (χ3v) is 16.3. The number of aromatic amines is 1. The van der Waals surface area contributed by atoms with Gasteiger partial charge >= 0.3 is 0 Å². The van der Waals surface area contributed by atoms with Crippen molar-refractivity contribution in [2.24, 2.45) is 13.0 Å². The van der Waals surface area contributed by atoms with Crippen molar-refractivity contribution < 1.29 is 15.3 Å². The number of anilines is 3. The quantitative estimate of drug-likeness (QED) is 0.0632. The monoisotopic (exact) mass is 1140 g/mol. The van der Waals surface area contributed by atoms with Gasteiger partial charge in [0.05, 0.1) is 48.5 Å². The number of H-pyrrole nitrogens is 1. The molecule has 10 aromatic rings. The van der Waals surface area contributed by atoms with Crippen molar-refractivity contribution in [1.29, 1.82) is 0 Å². The second kappa shape index (κ2) is 24.8. The van der Waals surface area contributed by atoms with E-state index < -0.39 is 0 Å². The van der Waals surface area contributed by atoms with Gasteiger partial charge in [-0.2, -0.15) is 10.2 Å². The van der Waals surface area contributed by atoms with Gasteiger partial charge in [0.15, 0.2) is 0 Å². The highest BCUT2D eigenvalue weighted by Gasteiger charge is 2.39. The number of nitrogens with zero attached hydrogens (tertiary/aromatic N) is 17. The predicted molar refractivity (Wildman–Crippen MR) is 326 cm³/mol. The van der Waals surface area contributed by atoms with Gasteiger partial charge in [-0.15, -0.1) is 30.6 Å². The third kappa shape index (κ3) is 12.6. The van der Waals surface area contributed by atoms with Gasteiger partial charge in [0.1, 0.15) is 34.3 Å². The van der Waals surface area contributed by atoms with Crippen molar-refractivity contribution >= 4 is 28.7 Å². The summed E-state index contributed by atoms with van der Waals surface area (Å²) in [4.78, 5) is 24.1. The highest BCUT2D eigenvalue weighted by molar-refractivity contribution is 5.85. The first-order chi connectivity index (χ1) is 41.4. The molecule has 1 saturated carbocycles. The molecule has 4 aliphatic rings. The molecule has 436 valence electrons. The van der Waals surface area contributed by atoms with Crippen LogP contribution in [-0.4, -0.2) is 153 Å². The number of phenols is 3. The lowest BCUT2D eigenvalue weighted by Gasteiger charge is -2.23. The number of rotatable bonds is 13. The van der Waals surface area contributed by atoms with Gasteiger partial charge in [-0.1, -0.05) is 52.3 Å². The Labute approximate surface area is 492 Å². The molecular weight excluding hydrogens is 1070 g/mol. The summed E-state index contributed by atoms with van der Waals surface area (Å²) in [5.41, 5.74) is 9.17. The summed E-state index contributed by atoms with van der Waals surface area (Å²) in [6.45, 7) is 13.2. The fourth-order valence-electron chi connectivity index (χ4n) is 12.1. The Morgan fingerprint density at radius 2 is 1.13 bits per heavy atom. The number of aryl methyl sites for hydroxylation is 1. The molecule has 4 fully saturated rings. The van der Waals surface area contributed by atoms with E-state index in [0.29, 0.717) is 81.8 Å². The summed E-state index contributed by atoms with van der Waals surface area (Å²) in [6.07, 6.45) is 22.8. The Morgan fingerprint density at radius 3 is 1.66 bits per heavy atom. The number of hydrogen-bond donors (Lipinski definition) is 6. The number of aromatic nitrogens is 15. The van der Waals surface area contributed by atoms with E-state index in [1.54, 1.807) is 61.7 Å². The van der Waals surface area contributed by atoms with Crippen LogP contribution in [-0.2, 0) is 7.05 Å². The molecule has 85 heavy (non-hydrogen) atoms. The molecule has 6 N–H and O–H groups in total. The van der Waals surface area contributed by atoms with Gasteiger partial charge in [-0.3, -0.25) is 9.78 Å². The second-order valence-corrected chi connectivity index (χ2v) is 22.8. The van der Waals surface area contributed by atoms with E-state index >= 15 is 0 Å². The zero-order valence-electron chi connectivity index (χ0n) is 48.3. The number of nitrogens with one attached hydrogen (secondary N) is 3. The predicted octanol–water partition coefficient (Wildman–Crippen LogP) is 8.39. The molecule has 14 rings (SSSR count). The third-order valence-electron chi connectivity index (χ3n) is 16.3. The summed E-state index contributed by atoms with van der Waals surface area (Å²) in [7, 11) is 1.92. The molecule has 23 nitrogen and oxygen atoms in total. The summed E-state index contributed by atoms with van der Waals surface area (Å²) in [5.74, 6) is 3.19. The molecule has 0 radical (unpaired) electrons. The van der Waals surface area contributed by atoms with Crippen molar-refractivity contribution in [3.8, 4) is 79.0 Å². The Bertz CT molecular complexity index is 3840. The number of fused-ring (bicyclic) bond motifs is 2. The first-order valence-corrected chi connectivity index (χ1v) is 29.1. The Balaban J connectivity index is 0.000000126. The molecule has 3 aliphatic heterocycles. The van der Waals surface area contributed by atoms with E-state index in [1.165, 1.54) is 25.7 Å². The van der Waals surface area contributed by atoms with Gasteiger partial charge in [0, 0.05) is 122 Å². The van der Waals surface area contributed by atoms with E-state index in [0.717, 1.165) is 90.3 Å². The molecular formula is C62H70N20O3. The maximum Gasteiger partial charge on any atom is 0.245 e. The maximum atomic E-state index is 10.7. The molecule has 2 unspecified atom stereocenters. The van der Waals surface area contributed by atoms with Crippen molar-refractivity contribution in [2.45, 2.75) is 96.4 Å². The number of imidazole rings is 1. The molecule has 4 aromatic carbocycles. The fraction of sp³-hybridized carbons (Fsp3) is 0.355. The lowest BCUT2D eigenvalue weighted by molar-refractivity contribution is 0.476. The van der Waals surface area contributed by atoms with E-state index in [1.807, 2.05) is 77.2 Å². The van der Waals surface area contributed by atoms with E-state index in [9.17, 15) is 15.3 Å². The van der Waals surface area contributed by atoms with Crippen LogP contribution in [0, 0.1) is 5.92 Å². The van der Waals surface area contributed by atoms with Crippen LogP contribution in [0.1, 0.15) is 66.2 Å². The molecule has 0 spiro atoms. The Morgan fingerprint density at radius 1 is 0.565 bits per heavy atom. The molecule has 1 aliphatic carbocycles. The first kappa shape index (κ1) is 56.0. The van der Waals surface area contributed by atoms with Crippen LogP contribution in [0.2, 0.25) is 0 Å². The van der Waals surface area contributed by atoms with Gasteiger partial charge in [0.25, 0.3) is 0 Å². The zero-order chi connectivity index (χ0) is 58.6. The summed E-state index contributed by atoms with van der Waals surface area (Å²) < 4.78 is 3.67. The minimum Gasteiger partial charge on any atom is -0.507 e.